The zero-order chi connectivity index (χ0) is 84.1. The maximum atomic E-state index is 14.5. The molecule has 4 heterocycles. The number of fused-ring (bicyclic) bond motifs is 2. The SMILES string of the molecule is C.C.CC1(C)OC(=O)NC1=O.CCCCCCCCCCCCOC(=O)c1ccc(Cl)c(NC(=O)C(c2nc3ccccc3c(=O)n2CCCCCCCCCCCC)N2C(=O)OC(C)(C)C2=O)c1.CCCCCCCCCCCCOC(=O)c1ccc(Cl)c(NC(=O)Cc2nc3ccccc3c(=O)n2CCCCCCCCCCCC)c1. The fourth-order valence-electron chi connectivity index (χ4n) is 14.2. The highest BCUT2D eigenvalue weighted by atomic mass is 35.5. The van der Waals surface area contributed by atoms with Crippen molar-refractivity contribution in [1.29, 1.82) is 0 Å². The van der Waals surface area contributed by atoms with E-state index in [1.807, 2.05) is 17.4 Å². The first-order valence-electron chi connectivity index (χ1n) is 43.6. The van der Waals surface area contributed by atoms with Crippen LogP contribution < -0.4 is 27.1 Å². The molecule has 4 aromatic carbocycles. The van der Waals surface area contributed by atoms with Crippen molar-refractivity contribution in [3.05, 3.63) is 138 Å². The van der Waals surface area contributed by atoms with Crippen molar-refractivity contribution >= 4 is 104 Å². The van der Waals surface area contributed by atoms with Crippen LogP contribution in [0.2, 0.25) is 10.0 Å². The van der Waals surface area contributed by atoms with Gasteiger partial charge in [-0.1, -0.05) is 321 Å². The monoisotopic (exact) mass is 1670 g/mol. The highest BCUT2D eigenvalue weighted by molar-refractivity contribution is 6.34. The van der Waals surface area contributed by atoms with E-state index < -0.39 is 58.7 Å². The summed E-state index contributed by atoms with van der Waals surface area (Å²) in [6.07, 6.45) is 44.8. The molecule has 0 saturated carbocycles. The van der Waals surface area contributed by atoms with E-state index in [1.54, 1.807) is 59.2 Å². The number of alkyl carbamates (subject to hydrolysis) is 1. The molecule has 2 saturated heterocycles. The fraction of sp³-hybridized carbons (Fsp3) is 0.617. The molecule has 1 atom stereocenters. The molecule has 24 heteroatoms. The van der Waals surface area contributed by atoms with Crippen LogP contribution in [0.4, 0.5) is 21.0 Å². The standard InChI is InChI=1S/C46H65ClN4O7.C41H60ClN3O4.C5H7NO3.2CH4/c1-5-7-9-11-13-15-17-19-21-25-31-50-40(48-37-28-24-23-27-35(37)42(50)53)39(51-44(55)46(3,4)58-45(51)56)41(52)49-38-33-34(29-30-36(38)47)43(54)57-32-26-22-20-18-16-14-12-10-8-6-2;1-3-5-7-9-11-13-15-17-19-23-29-45-38(43-36-26-22-21-25-34(36)40(45)47)32-39(46)44-37-31-33(27-28-35(37)42)41(48)49-30-24-20-18-16-14-12-10-8-6-4-2;1-5(2)3(7)6-4(8)9-5;;/h23-24,27-30,33,39H,5-22,25-26,31-32H2,1-4H3,(H,49,52);21-22,25-28,31H,3-20,23-24,29-30,32H2,1-2H3,(H,44,46);1-2H3,(H,6,7,8);2*1H4. The van der Waals surface area contributed by atoms with Crippen molar-refractivity contribution in [2.45, 2.75) is 364 Å². The van der Waals surface area contributed by atoms with Gasteiger partial charge in [-0.25, -0.2) is 34.0 Å². The first-order chi connectivity index (χ1) is 56.0. The molecule has 1 unspecified atom stereocenters. The van der Waals surface area contributed by atoms with E-state index in [0.717, 1.165) is 88.4 Å². The second-order valence-electron chi connectivity index (χ2n) is 31.9. The number of nitrogens with one attached hydrogen (secondary N) is 3. The minimum Gasteiger partial charge on any atom is -0.462 e. The molecule has 2 aromatic heterocycles. The van der Waals surface area contributed by atoms with Gasteiger partial charge >= 0.3 is 24.1 Å². The maximum absolute atomic E-state index is 14.5. The summed E-state index contributed by atoms with van der Waals surface area (Å²) in [5.74, 6) is -3.04. The van der Waals surface area contributed by atoms with Crippen molar-refractivity contribution in [1.82, 2.24) is 29.3 Å². The van der Waals surface area contributed by atoms with Crippen LogP contribution in [0.3, 0.4) is 0 Å². The Bertz CT molecular complexity index is 4210. The molecule has 2 fully saturated rings. The Kier molecular flexibility index (Phi) is 48.4. The second kappa shape index (κ2) is 56.1. The molecule has 3 N–H and O–H groups in total. The Hall–Kier alpha value is -8.50. The number of amides is 6. The molecule has 2 aliphatic rings. The number of unbranched alkanes of at least 4 members (excludes halogenated alkanes) is 36. The number of carbonyl (C=O) groups is 8. The molecule has 654 valence electrons. The Morgan fingerprint density at radius 1 is 0.449 bits per heavy atom. The van der Waals surface area contributed by atoms with Crippen LogP contribution in [0.1, 0.15) is 365 Å². The van der Waals surface area contributed by atoms with Crippen molar-refractivity contribution in [2.75, 3.05) is 23.8 Å². The molecule has 0 aliphatic carbocycles. The van der Waals surface area contributed by atoms with Gasteiger partial charge < -0.3 is 29.6 Å². The summed E-state index contributed by atoms with van der Waals surface area (Å²) in [5, 5.41) is 8.89. The molecule has 0 spiro atoms. The van der Waals surface area contributed by atoms with Gasteiger partial charge in [0.2, 0.25) is 5.91 Å². The number of hydrogen-bond acceptors (Lipinski definition) is 16. The number of hydrogen-bond donors (Lipinski definition) is 3. The van der Waals surface area contributed by atoms with Crippen LogP contribution in [0.5, 0.6) is 0 Å². The van der Waals surface area contributed by atoms with Crippen LogP contribution >= 0.6 is 23.2 Å². The predicted molar refractivity (Wildman–Crippen MR) is 476 cm³/mol. The lowest BCUT2D eigenvalue weighted by atomic mass is 10.1. The third kappa shape index (κ3) is 34.7. The van der Waals surface area contributed by atoms with Crippen molar-refractivity contribution in [2.24, 2.45) is 0 Å². The number of esters is 2. The number of ether oxygens (including phenoxy) is 4. The van der Waals surface area contributed by atoms with Gasteiger partial charge in [0.15, 0.2) is 17.2 Å². The summed E-state index contributed by atoms with van der Waals surface area (Å²) in [4.78, 5) is 140. The zero-order valence-electron chi connectivity index (χ0n) is 70.7. The van der Waals surface area contributed by atoms with E-state index in [0.29, 0.717) is 63.5 Å². The van der Waals surface area contributed by atoms with E-state index in [9.17, 15) is 47.9 Å². The van der Waals surface area contributed by atoms with E-state index in [1.165, 1.54) is 217 Å². The average molecular weight is 1680 g/mol. The molecule has 2 aliphatic heterocycles. The number of benzene rings is 4. The zero-order valence-corrected chi connectivity index (χ0v) is 72.2. The number of halogens is 2. The van der Waals surface area contributed by atoms with Gasteiger partial charge in [0, 0.05) is 13.1 Å². The van der Waals surface area contributed by atoms with Crippen molar-refractivity contribution < 1.29 is 57.3 Å². The highest BCUT2D eigenvalue weighted by Crippen LogP contribution is 2.35. The number of rotatable bonds is 53. The molecule has 8 rings (SSSR count). The number of anilines is 2. The van der Waals surface area contributed by atoms with Crippen molar-refractivity contribution in [3.8, 4) is 0 Å². The van der Waals surface area contributed by atoms with E-state index in [2.05, 4.69) is 43.1 Å². The fourth-order valence-corrected chi connectivity index (χ4v) is 14.5. The lowest BCUT2D eigenvalue weighted by molar-refractivity contribution is -0.139. The summed E-state index contributed by atoms with van der Waals surface area (Å²) in [6.45, 7) is 16.2. The summed E-state index contributed by atoms with van der Waals surface area (Å²) in [6, 6.07) is 21.4. The number of cyclic esters (lactones) is 2. The number of para-hydroxylation sites is 2. The summed E-state index contributed by atoms with van der Waals surface area (Å²) >= 11 is 13.0. The normalized spacial score (nSPS) is 13.4. The highest BCUT2D eigenvalue weighted by Gasteiger charge is 2.53. The van der Waals surface area contributed by atoms with Gasteiger partial charge in [-0.15, -0.1) is 0 Å². The lowest BCUT2D eigenvalue weighted by Crippen LogP contribution is -2.46. The largest absolute Gasteiger partial charge is 0.462 e. The van der Waals surface area contributed by atoms with E-state index in [-0.39, 0.29) is 73.9 Å². The Morgan fingerprint density at radius 3 is 1.19 bits per heavy atom. The predicted octanol–water partition coefficient (Wildman–Crippen LogP) is 24.0. The molecule has 118 heavy (non-hydrogen) atoms. The summed E-state index contributed by atoms with van der Waals surface area (Å²) in [5.41, 5.74) is -1.30. The molecule has 0 bridgehead atoms. The van der Waals surface area contributed by atoms with Gasteiger partial charge in [0.05, 0.1) is 74.0 Å². The third-order valence-electron chi connectivity index (χ3n) is 21.2. The third-order valence-corrected chi connectivity index (χ3v) is 21.8. The smallest absolute Gasteiger partial charge is 0.418 e. The van der Waals surface area contributed by atoms with Gasteiger partial charge in [0.1, 0.15) is 11.6 Å². The Labute approximate surface area is 712 Å². The van der Waals surface area contributed by atoms with E-state index >= 15 is 0 Å². The number of aromatic nitrogens is 4. The van der Waals surface area contributed by atoms with Crippen LogP contribution in [0.15, 0.2) is 94.5 Å². The Morgan fingerprint density at radius 2 is 0.814 bits per heavy atom. The first kappa shape index (κ1) is 102. The molecule has 6 amide bonds. The Balaban J connectivity index is 0.000000445. The molecule has 22 nitrogen and oxygen atoms in total. The van der Waals surface area contributed by atoms with Crippen LogP contribution in [-0.4, -0.2) is 96.2 Å². The van der Waals surface area contributed by atoms with Gasteiger partial charge in [-0.2, -0.15) is 0 Å². The molecular weight excluding hydrogens is 1540 g/mol. The topological polar surface area (TPSA) is 283 Å². The number of imide groups is 2. The van der Waals surface area contributed by atoms with Crippen LogP contribution in [-0.2, 0) is 57.6 Å². The summed E-state index contributed by atoms with van der Waals surface area (Å²) in [7, 11) is 0. The molecule has 0 radical (unpaired) electrons. The minimum absolute atomic E-state index is 0. The van der Waals surface area contributed by atoms with Crippen LogP contribution in [0.25, 0.3) is 21.8 Å². The number of carbonyl (C=O) groups excluding carboxylic acids is 8. The van der Waals surface area contributed by atoms with Gasteiger partial charge in [-0.05, 0) is 114 Å². The van der Waals surface area contributed by atoms with Crippen molar-refractivity contribution in [3.63, 3.8) is 0 Å². The molecular formula is C94H140Cl2N8O14. The number of nitrogens with zero attached hydrogens (tertiary/aromatic N) is 5. The lowest BCUT2D eigenvalue weighted by Gasteiger charge is -2.26. The van der Waals surface area contributed by atoms with Crippen LogP contribution in [0, 0.1) is 0 Å². The van der Waals surface area contributed by atoms with Gasteiger partial charge in [0.25, 0.3) is 28.8 Å². The first-order valence-corrected chi connectivity index (χ1v) is 44.3. The quantitative estimate of drug-likeness (QED) is 0.0182. The van der Waals surface area contributed by atoms with E-state index in [4.69, 9.17) is 47.4 Å². The average Bonchev–Trinajstić information content (AvgIpc) is 1.58. The minimum atomic E-state index is -1.70. The second-order valence-corrected chi connectivity index (χ2v) is 32.7. The summed E-state index contributed by atoms with van der Waals surface area (Å²) < 4.78 is 24.1. The maximum Gasteiger partial charge on any atom is 0.418 e. The molecule has 6 aromatic rings. The van der Waals surface area contributed by atoms with Gasteiger partial charge in [-0.3, -0.25) is 43.2 Å².